The number of rotatable bonds is 54. The van der Waals surface area contributed by atoms with Crippen LogP contribution in [0.2, 0.25) is 0 Å². The average molecular weight is 960 g/mol. The van der Waals surface area contributed by atoms with E-state index in [-0.39, 0.29) is 37.0 Å². The van der Waals surface area contributed by atoms with Crippen LogP contribution in [-0.4, -0.2) is 56.2 Å². The van der Waals surface area contributed by atoms with Crippen LogP contribution in [0.3, 0.4) is 0 Å². The predicted octanol–water partition coefficient (Wildman–Crippen LogP) is 16.4. The van der Waals surface area contributed by atoms with Crippen molar-refractivity contribution in [2.75, 3.05) is 26.3 Å². The third kappa shape index (κ3) is 52.7. The lowest BCUT2D eigenvalue weighted by molar-refractivity contribution is -0.167. The molecule has 398 valence electrons. The molecule has 0 bridgehead atoms. The number of ether oxygens (including phenoxy) is 3. The van der Waals surface area contributed by atoms with Crippen LogP contribution < -0.4 is 11.1 Å². The van der Waals surface area contributed by atoms with Crippen molar-refractivity contribution in [1.29, 1.82) is 0 Å². The maximum atomic E-state index is 12.8. The van der Waals surface area contributed by atoms with Crippen molar-refractivity contribution in [2.24, 2.45) is 5.73 Å². The maximum Gasteiger partial charge on any atom is 0.306 e. The molecule has 1 unspecified atom stereocenters. The number of nitrogens with two attached hydrogens (primary N) is 1. The summed E-state index contributed by atoms with van der Waals surface area (Å²) in [4.78, 5) is 49.8. The molecule has 9 heteroatoms. The highest BCUT2D eigenvalue weighted by atomic mass is 16.6. The van der Waals surface area contributed by atoms with Gasteiger partial charge in [-0.2, -0.15) is 0 Å². The minimum absolute atomic E-state index is 0.0870. The van der Waals surface area contributed by atoms with Crippen molar-refractivity contribution in [2.45, 2.75) is 302 Å². The van der Waals surface area contributed by atoms with Crippen LogP contribution in [0.1, 0.15) is 296 Å². The van der Waals surface area contributed by atoms with E-state index in [2.05, 4.69) is 43.5 Å². The SMILES string of the molecule is CCCCC/C=C\C/C=C\CCCCCCCC(=O)OC(COC(=O)CCCCCCCCCCCCCCCCC)COC(=O)CCCCCCCCCCCCCCCCC(=O)NCCN. The summed E-state index contributed by atoms with van der Waals surface area (Å²) in [5.41, 5.74) is 5.42. The number of unbranched alkanes of at least 4 members (excludes halogenated alkanes) is 35. The van der Waals surface area contributed by atoms with E-state index in [1.54, 1.807) is 0 Å². The first kappa shape index (κ1) is 65.3. The molecule has 0 aliphatic rings. The molecule has 0 aromatic heterocycles. The van der Waals surface area contributed by atoms with Gasteiger partial charge in [0.25, 0.3) is 0 Å². The number of carbonyl (C=O) groups excluding carboxylic acids is 4. The van der Waals surface area contributed by atoms with Crippen LogP contribution in [0.4, 0.5) is 0 Å². The molecule has 0 heterocycles. The zero-order valence-corrected chi connectivity index (χ0v) is 44.8. The van der Waals surface area contributed by atoms with E-state index in [0.29, 0.717) is 38.8 Å². The first-order chi connectivity index (χ1) is 33.4. The molecule has 0 aromatic carbocycles. The molecule has 9 nitrogen and oxygen atoms in total. The second-order valence-corrected chi connectivity index (χ2v) is 19.7. The van der Waals surface area contributed by atoms with Crippen LogP contribution in [0.5, 0.6) is 0 Å². The van der Waals surface area contributed by atoms with E-state index in [0.717, 1.165) is 96.3 Å². The largest absolute Gasteiger partial charge is 0.462 e. The van der Waals surface area contributed by atoms with Gasteiger partial charge in [-0.05, 0) is 57.8 Å². The Hall–Kier alpha value is -2.68. The summed E-state index contributed by atoms with van der Waals surface area (Å²) in [6.07, 6.45) is 57.5. The number of carbonyl (C=O) groups is 4. The van der Waals surface area contributed by atoms with E-state index in [4.69, 9.17) is 19.9 Å². The van der Waals surface area contributed by atoms with Gasteiger partial charge < -0.3 is 25.3 Å². The van der Waals surface area contributed by atoms with Crippen molar-refractivity contribution in [3.63, 3.8) is 0 Å². The second kappa shape index (κ2) is 55.2. The van der Waals surface area contributed by atoms with Gasteiger partial charge in [0.05, 0.1) is 0 Å². The maximum absolute atomic E-state index is 12.8. The average Bonchev–Trinajstić information content (AvgIpc) is 3.33. The van der Waals surface area contributed by atoms with Crippen LogP contribution in [-0.2, 0) is 33.4 Å². The molecule has 0 aliphatic heterocycles. The summed E-state index contributed by atoms with van der Waals surface area (Å²) in [5.74, 6) is -0.792. The highest BCUT2D eigenvalue weighted by molar-refractivity contribution is 5.75. The van der Waals surface area contributed by atoms with E-state index < -0.39 is 6.10 Å². The fraction of sp³-hybridized carbons (Fsp3) is 0.864. The highest BCUT2D eigenvalue weighted by Gasteiger charge is 2.19. The summed E-state index contributed by atoms with van der Waals surface area (Å²) in [7, 11) is 0. The topological polar surface area (TPSA) is 134 Å². The van der Waals surface area contributed by atoms with Crippen LogP contribution >= 0.6 is 0 Å². The van der Waals surface area contributed by atoms with Crippen LogP contribution in [0, 0.1) is 0 Å². The predicted molar refractivity (Wildman–Crippen MR) is 287 cm³/mol. The number of amides is 1. The quantitative estimate of drug-likeness (QED) is 0.0266. The van der Waals surface area contributed by atoms with Gasteiger partial charge in [-0.1, -0.05) is 237 Å². The Labute approximate surface area is 419 Å². The number of hydrogen-bond donors (Lipinski definition) is 2. The number of esters is 3. The second-order valence-electron chi connectivity index (χ2n) is 19.7. The van der Waals surface area contributed by atoms with Crippen molar-refractivity contribution in [1.82, 2.24) is 5.32 Å². The fourth-order valence-electron chi connectivity index (χ4n) is 8.57. The summed E-state index contributed by atoms with van der Waals surface area (Å²) in [5, 5.41) is 2.83. The zero-order valence-electron chi connectivity index (χ0n) is 44.8. The van der Waals surface area contributed by atoms with E-state index >= 15 is 0 Å². The van der Waals surface area contributed by atoms with E-state index in [1.807, 2.05) is 0 Å². The van der Waals surface area contributed by atoms with Gasteiger partial charge in [0, 0.05) is 38.8 Å². The first-order valence-corrected chi connectivity index (χ1v) is 29.2. The molecule has 0 fully saturated rings. The Bertz CT molecular complexity index is 1170. The third-order valence-electron chi connectivity index (χ3n) is 13.0. The Morgan fingerprint density at radius 3 is 1.09 bits per heavy atom. The highest BCUT2D eigenvalue weighted by Crippen LogP contribution is 2.17. The van der Waals surface area contributed by atoms with Crippen molar-refractivity contribution >= 4 is 23.8 Å². The van der Waals surface area contributed by atoms with Gasteiger partial charge in [0.15, 0.2) is 6.10 Å². The molecule has 0 aliphatic carbocycles. The molecule has 68 heavy (non-hydrogen) atoms. The lowest BCUT2D eigenvalue weighted by atomic mass is 10.0. The normalized spacial score (nSPS) is 12.0. The lowest BCUT2D eigenvalue weighted by Crippen LogP contribution is -2.30. The van der Waals surface area contributed by atoms with Crippen LogP contribution in [0.25, 0.3) is 0 Å². The molecule has 1 amide bonds. The minimum atomic E-state index is -0.791. The van der Waals surface area contributed by atoms with Gasteiger partial charge in [-0.3, -0.25) is 19.2 Å². The summed E-state index contributed by atoms with van der Waals surface area (Å²) < 4.78 is 16.9. The molecule has 0 spiro atoms. The van der Waals surface area contributed by atoms with Gasteiger partial charge in [-0.25, -0.2) is 0 Å². The molecular weight excluding hydrogens is 849 g/mol. The minimum Gasteiger partial charge on any atom is -0.462 e. The standard InChI is InChI=1S/C59H110N2O7/c1-3-5-7-9-11-13-15-17-19-24-28-32-36-40-44-48-57(63)66-53-55(68-59(65)50-46-42-38-34-30-26-20-18-16-14-12-10-8-6-4-2)54-67-58(64)49-45-41-37-33-29-25-22-21-23-27-31-35-39-43-47-56(62)61-52-51-60/h12,14,18,20,55H,3-11,13,15-17,19,21-54,60H2,1-2H3,(H,61,62)/b14-12-,20-18-. The number of hydrogen-bond acceptors (Lipinski definition) is 8. The molecule has 0 saturated carbocycles. The van der Waals surface area contributed by atoms with E-state index in [9.17, 15) is 19.2 Å². The third-order valence-corrected chi connectivity index (χ3v) is 13.0. The smallest absolute Gasteiger partial charge is 0.306 e. The summed E-state index contributed by atoms with van der Waals surface area (Å²) in [6, 6.07) is 0. The number of nitrogens with one attached hydrogen (secondary N) is 1. The fourth-order valence-corrected chi connectivity index (χ4v) is 8.57. The molecular formula is C59H110N2O7. The number of allylic oxidation sites excluding steroid dienone is 4. The summed E-state index contributed by atoms with van der Waals surface area (Å²) >= 11 is 0. The van der Waals surface area contributed by atoms with Crippen molar-refractivity contribution in [3.05, 3.63) is 24.3 Å². The molecule has 0 saturated heterocycles. The van der Waals surface area contributed by atoms with Gasteiger partial charge >= 0.3 is 17.9 Å². The van der Waals surface area contributed by atoms with Gasteiger partial charge in [-0.15, -0.1) is 0 Å². The Kier molecular flexibility index (Phi) is 53.1. The first-order valence-electron chi connectivity index (χ1n) is 29.2. The van der Waals surface area contributed by atoms with Gasteiger partial charge in [0.1, 0.15) is 13.2 Å². The Balaban J connectivity index is 4.33. The molecule has 0 radical (unpaired) electrons. The van der Waals surface area contributed by atoms with Crippen molar-refractivity contribution in [3.8, 4) is 0 Å². The zero-order chi connectivity index (χ0) is 49.5. The Morgan fingerprint density at radius 1 is 0.397 bits per heavy atom. The van der Waals surface area contributed by atoms with Crippen LogP contribution in [0.15, 0.2) is 24.3 Å². The molecule has 0 aromatic rings. The van der Waals surface area contributed by atoms with E-state index in [1.165, 1.54) is 161 Å². The summed E-state index contributed by atoms with van der Waals surface area (Å²) in [6.45, 7) is 5.39. The lowest BCUT2D eigenvalue weighted by Gasteiger charge is -2.18. The molecule has 3 N–H and O–H groups in total. The van der Waals surface area contributed by atoms with Crippen molar-refractivity contribution < 1.29 is 33.4 Å². The molecule has 0 rings (SSSR count). The Morgan fingerprint density at radius 2 is 0.706 bits per heavy atom. The molecule has 1 atom stereocenters. The monoisotopic (exact) mass is 959 g/mol. The van der Waals surface area contributed by atoms with Gasteiger partial charge in [0.2, 0.25) is 5.91 Å².